The Hall–Kier alpha value is 0.272. The first kappa shape index (κ1) is 17.4. The largest absolute Gasteiger partial charge is 2.00 e. The predicted molar refractivity (Wildman–Crippen MR) is 43.9 cm³/mol. The van der Waals surface area contributed by atoms with Crippen LogP contribution in [0.25, 0.3) is 0 Å². The minimum absolute atomic E-state index is 0. The molecular weight excluding hydrogens is 195 g/mol. The van der Waals surface area contributed by atoms with Crippen LogP contribution in [0.4, 0.5) is 0 Å². The molecule has 0 heterocycles. The molecular formula is C4H9AlCaO5. The average Bonchev–Trinajstić information content (AvgIpc) is 1.63. The number of hydrogen-bond acceptors (Lipinski definition) is 3. The molecule has 0 saturated heterocycles. The first-order valence-corrected chi connectivity index (χ1v) is 1.91. The van der Waals surface area contributed by atoms with Gasteiger partial charge in [0, 0.05) is 0 Å². The topological polar surface area (TPSA) is 94.8 Å². The fraction of sp³-hybridized carbons (Fsp3) is 0. The second-order valence-electron chi connectivity index (χ2n) is 1.17. The molecule has 0 unspecified atom stereocenters. The van der Waals surface area contributed by atoms with Crippen molar-refractivity contribution in [2.24, 2.45) is 0 Å². The van der Waals surface area contributed by atoms with Gasteiger partial charge < -0.3 is 18.2 Å². The van der Waals surface area contributed by atoms with E-state index in [4.69, 9.17) is 15.3 Å². The van der Waals surface area contributed by atoms with E-state index in [1.807, 2.05) is 0 Å². The van der Waals surface area contributed by atoms with Gasteiger partial charge in [0.05, 0.1) is 6.08 Å². The number of aliphatic hydroxyl groups is 1. The van der Waals surface area contributed by atoms with E-state index in [-0.39, 0.29) is 64.0 Å². The number of carboxylic acid groups (broad SMARTS) is 2. The number of aliphatic hydroxyl groups excluding tert-OH is 1. The van der Waals surface area contributed by atoms with Gasteiger partial charge >= 0.3 is 49.7 Å². The Morgan fingerprint density at radius 3 is 1.64 bits per heavy atom. The third kappa shape index (κ3) is 10.3. The minimum Gasteiger partial charge on any atom is -1.00 e. The van der Waals surface area contributed by atoms with Gasteiger partial charge in [-0.3, -0.25) is 0 Å². The molecule has 0 saturated carbocycles. The summed E-state index contributed by atoms with van der Waals surface area (Å²) in [5.41, 5.74) is 0. The zero-order valence-corrected chi connectivity index (χ0v) is 7.15. The van der Waals surface area contributed by atoms with E-state index >= 15 is 0 Å². The molecule has 60 valence electrons. The molecule has 0 aromatic heterocycles. The van der Waals surface area contributed by atoms with Crippen LogP contribution in [-0.2, 0) is 9.59 Å². The third-order valence-electron chi connectivity index (χ3n) is 0.479. The molecule has 11 heavy (non-hydrogen) atoms. The van der Waals surface area contributed by atoms with Gasteiger partial charge in [0.1, 0.15) is 0 Å². The van der Waals surface area contributed by atoms with Gasteiger partial charge in [-0.25, -0.2) is 9.59 Å². The first-order chi connectivity index (χ1) is 4.04. The smallest absolute Gasteiger partial charge is 1.00 e. The molecule has 5 nitrogen and oxygen atoms in total. The van der Waals surface area contributed by atoms with E-state index in [1.54, 1.807) is 0 Å². The van der Waals surface area contributed by atoms with E-state index in [9.17, 15) is 9.59 Å². The summed E-state index contributed by atoms with van der Waals surface area (Å²) in [6, 6.07) is 0. The van der Waals surface area contributed by atoms with Crippen LogP contribution in [-0.4, -0.2) is 82.4 Å². The standard InChI is InChI=1S/C4H4O5.Al.Ca.5H/c5-2(4(8)9)1-3(6)7;;;;;;;/h1,5H,(H,6,7)(H,8,9);;;;;;;/q;;+2;;;;2*-1. The van der Waals surface area contributed by atoms with Crippen LogP contribution in [0.15, 0.2) is 11.8 Å². The molecule has 3 N–H and O–H groups in total. The molecule has 0 spiro atoms. The van der Waals surface area contributed by atoms with Crippen molar-refractivity contribution in [2.75, 3.05) is 0 Å². The van der Waals surface area contributed by atoms with Gasteiger partial charge in [0.25, 0.3) is 0 Å². The Bertz CT molecular complexity index is 185. The number of hydrogen-bond donors (Lipinski definition) is 3. The van der Waals surface area contributed by atoms with Crippen LogP contribution in [0.2, 0.25) is 0 Å². The summed E-state index contributed by atoms with van der Waals surface area (Å²) < 4.78 is 0. The van der Waals surface area contributed by atoms with Gasteiger partial charge in [-0.05, 0) is 0 Å². The summed E-state index contributed by atoms with van der Waals surface area (Å²) in [6.07, 6.45) is 0.197. The normalized spacial score (nSPS) is 8.91. The van der Waals surface area contributed by atoms with Crippen molar-refractivity contribution in [2.45, 2.75) is 0 Å². The molecule has 0 fully saturated rings. The first-order valence-electron chi connectivity index (χ1n) is 1.91. The molecule has 0 rings (SSSR count). The van der Waals surface area contributed by atoms with Crippen molar-refractivity contribution in [1.29, 1.82) is 0 Å². The Morgan fingerprint density at radius 2 is 1.55 bits per heavy atom. The molecule has 0 atom stereocenters. The summed E-state index contributed by atoms with van der Waals surface area (Å²) in [7, 11) is 0. The maximum atomic E-state index is 9.65. The van der Waals surface area contributed by atoms with Crippen LogP contribution in [0.5, 0.6) is 0 Å². The summed E-state index contributed by atoms with van der Waals surface area (Å²) in [5.74, 6) is -4.32. The molecule has 0 bridgehead atoms. The Labute approximate surface area is 106 Å². The van der Waals surface area contributed by atoms with E-state index in [0.29, 0.717) is 0 Å². The summed E-state index contributed by atoms with van der Waals surface area (Å²) in [6.45, 7) is 0. The van der Waals surface area contributed by atoms with Gasteiger partial charge in [-0.1, -0.05) is 0 Å². The van der Waals surface area contributed by atoms with Gasteiger partial charge in [0.2, 0.25) is 5.76 Å². The minimum atomic E-state index is -1.66. The van der Waals surface area contributed by atoms with Crippen molar-refractivity contribution in [3.8, 4) is 0 Å². The molecule has 0 aliphatic heterocycles. The number of carbonyl (C=O) groups is 2. The Morgan fingerprint density at radius 1 is 1.18 bits per heavy atom. The van der Waals surface area contributed by atoms with E-state index in [0.717, 1.165) is 0 Å². The third-order valence-corrected chi connectivity index (χ3v) is 0.479. The number of carboxylic acids is 2. The van der Waals surface area contributed by atoms with E-state index in [1.165, 1.54) is 0 Å². The fourth-order valence-corrected chi connectivity index (χ4v) is 0.179. The van der Waals surface area contributed by atoms with Crippen LogP contribution < -0.4 is 0 Å². The second kappa shape index (κ2) is 8.37. The molecule has 0 aliphatic carbocycles. The van der Waals surface area contributed by atoms with Crippen LogP contribution in [0.3, 0.4) is 0 Å². The average molecular weight is 204 g/mol. The molecule has 0 amide bonds. The molecule has 0 radical (unpaired) electrons. The van der Waals surface area contributed by atoms with Crippen molar-refractivity contribution >= 4 is 67.0 Å². The van der Waals surface area contributed by atoms with Crippen LogP contribution in [0.1, 0.15) is 2.85 Å². The van der Waals surface area contributed by atoms with Gasteiger partial charge in [-0.2, -0.15) is 0 Å². The van der Waals surface area contributed by atoms with Gasteiger partial charge in [0.15, 0.2) is 17.4 Å². The maximum absolute atomic E-state index is 9.65. The molecule has 0 aromatic rings. The zero-order valence-electron chi connectivity index (χ0n) is 6.94. The number of aliphatic carboxylic acids is 2. The molecule has 0 aromatic carbocycles. The Kier molecular flexibility index (Phi) is 13.2. The van der Waals surface area contributed by atoms with Gasteiger partial charge in [-0.15, -0.1) is 0 Å². The quantitative estimate of drug-likeness (QED) is 0.282. The van der Waals surface area contributed by atoms with E-state index in [2.05, 4.69) is 0 Å². The van der Waals surface area contributed by atoms with Crippen molar-refractivity contribution in [3.05, 3.63) is 11.8 Å². The van der Waals surface area contributed by atoms with Crippen molar-refractivity contribution in [1.82, 2.24) is 0 Å². The monoisotopic (exact) mass is 204 g/mol. The fourth-order valence-electron chi connectivity index (χ4n) is 0.179. The second-order valence-corrected chi connectivity index (χ2v) is 1.17. The summed E-state index contributed by atoms with van der Waals surface area (Å²) in [4.78, 5) is 19.3. The predicted octanol–water partition coefficient (Wildman–Crippen LogP) is -1.74. The summed E-state index contributed by atoms with van der Waals surface area (Å²) in [5, 5.41) is 23.9. The van der Waals surface area contributed by atoms with Crippen molar-refractivity contribution < 1.29 is 27.8 Å². The summed E-state index contributed by atoms with van der Waals surface area (Å²) >= 11 is 0. The molecule has 7 heteroatoms. The van der Waals surface area contributed by atoms with Crippen LogP contribution >= 0.6 is 0 Å². The van der Waals surface area contributed by atoms with Crippen molar-refractivity contribution in [3.63, 3.8) is 0 Å². The number of rotatable bonds is 2. The zero-order chi connectivity index (χ0) is 7.44. The van der Waals surface area contributed by atoms with Crippen LogP contribution in [0, 0.1) is 0 Å². The van der Waals surface area contributed by atoms with E-state index < -0.39 is 17.7 Å². The molecule has 0 aliphatic rings. The SMILES string of the molecule is O=C(O)C=C(O)C(=O)O.[AlH3].[Ca+2].[H-].[H-]. The Balaban J connectivity index is -0.0000000533. The maximum Gasteiger partial charge on any atom is 2.00 e.